The molecule has 0 spiro atoms. The molecule has 0 unspecified atom stereocenters. The lowest BCUT2D eigenvalue weighted by atomic mass is 10.1. The molecule has 0 radical (unpaired) electrons. The average molecular weight is 262 g/mol. The van der Waals surface area contributed by atoms with E-state index in [0.29, 0.717) is 17.5 Å². The Hall–Kier alpha value is -0.700. The van der Waals surface area contributed by atoms with E-state index in [1.54, 1.807) is 0 Å². The third kappa shape index (κ3) is 2.65. The van der Waals surface area contributed by atoms with E-state index < -0.39 is 9.05 Å². The van der Waals surface area contributed by atoms with Crippen LogP contribution in [0.2, 0.25) is 0 Å². The Kier molecular flexibility index (Phi) is 3.66. The molecule has 0 N–H and O–H groups in total. The summed E-state index contributed by atoms with van der Waals surface area (Å²) in [6.45, 7) is 1.83. The number of rotatable bonds is 2. The van der Waals surface area contributed by atoms with Crippen molar-refractivity contribution in [2.75, 3.05) is 0 Å². The number of hydrogen-bond acceptors (Lipinski definition) is 4. The van der Waals surface area contributed by atoms with Crippen LogP contribution in [0.15, 0.2) is 21.9 Å². The van der Waals surface area contributed by atoms with Crippen LogP contribution in [-0.2, 0) is 15.5 Å². The first kappa shape index (κ1) is 12.4. The molecule has 0 aliphatic carbocycles. The number of halogens is 1. The lowest BCUT2D eigenvalue weighted by molar-refractivity contribution is 0.607. The maximum Gasteiger partial charge on any atom is 0.262 e. The van der Waals surface area contributed by atoms with E-state index in [1.165, 1.54) is 12.1 Å². The Morgan fingerprint density at radius 3 is 2.53 bits per heavy atom. The van der Waals surface area contributed by atoms with Crippen molar-refractivity contribution >= 4 is 32.4 Å². The maximum absolute atomic E-state index is 11.2. The third-order valence-corrected chi connectivity index (χ3v) is 3.83. The molecule has 0 saturated heterocycles. The molecule has 0 saturated carbocycles. The highest BCUT2D eigenvalue weighted by atomic mass is 35.7. The predicted octanol–water partition coefficient (Wildman–Crippen LogP) is 2.34. The molecule has 0 amide bonds. The van der Waals surface area contributed by atoms with Gasteiger partial charge in [0.25, 0.3) is 9.05 Å². The van der Waals surface area contributed by atoms with Gasteiger partial charge in [0.05, 0.1) is 16.5 Å². The number of nitriles is 1. The van der Waals surface area contributed by atoms with Crippen molar-refractivity contribution in [1.29, 1.82) is 5.26 Å². The largest absolute Gasteiger partial charge is 0.262 e. The van der Waals surface area contributed by atoms with Crippen LogP contribution >= 0.6 is 23.3 Å². The second-order valence-electron chi connectivity index (χ2n) is 2.88. The zero-order valence-corrected chi connectivity index (χ0v) is 10.3. The summed E-state index contributed by atoms with van der Waals surface area (Å²) in [5, 5.41) is 8.80. The Morgan fingerprint density at radius 2 is 2.13 bits per heavy atom. The first-order chi connectivity index (χ1) is 6.90. The van der Waals surface area contributed by atoms with Crippen LogP contribution in [-0.4, -0.2) is 8.42 Å². The molecule has 0 bridgehead atoms. The average Bonchev–Trinajstić information content (AvgIpc) is 2.15. The Balaban J connectivity index is 3.55. The van der Waals surface area contributed by atoms with Crippen LogP contribution < -0.4 is 0 Å². The Labute approximate surface area is 98.5 Å². The monoisotopic (exact) mass is 261 g/mol. The summed E-state index contributed by atoms with van der Waals surface area (Å²) in [6, 6.07) is 4.79. The second kappa shape index (κ2) is 4.44. The molecule has 3 nitrogen and oxygen atoms in total. The summed E-state index contributed by atoms with van der Waals surface area (Å²) in [5.41, 5.74) is 1.07. The summed E-state index contributed by atoms with van der Waals surface area (Å²) < 4.78 is 22.3. The zero-order valence-electron chi connectivity index (χ0n) is 7.86. The van der Waals surface area contributed by atoms with Gasteiger partial charge >= 0.3 is 0 Å². The van der Waals surface area contributed by atoms with Gasteiger partial charge in [-0.05, 0) is 24.1 Å². The molecule has 0 aliphatic heterocycles. The predicted molar refractivity (Wildman–Crippen MR) is 60.8 cm³/mol. The van der Waals surface area contributed by atoms with Gasteiger partial charge < -0.3 is 0 Å². The SMILES string of the molecule is CCc1cc(S(=O)(=O)Cl)c(S)cc1C#N. The maximum atomic E-state index is 11.2. The van der Waals surface area contributed by atoms with Crippen molar-refractivity contribution in [2.45, 2.75) is 23.1 Å². The van der Waals surface area contributed by atoms with E-state index >= 15 is 0 Å². The van der Waals surface area contributed by atoms with Crippen molar-refractivity contribution in [3.05, 3.63) is 23.3 Å². The van der Waals surface area contributed by atoms with E-state index in [4.69, 9.17) is 15.9 Å². The van der Waals surface area contributed by atoms with Gasteiger partial charge in [-0.15, -0.1) is 12.6 Å². The molecule has 1 aromatic carbocycles. The lowest BCUT2D eigenvalue weighted by Gasteiger charge is -2.06. The van der Waals surface area contributed by atoms with Crippen LogP contribution in [0.5, 0.6) is 0 Å². The highest BCUT2D eigenvalue weighted by Crippen LogP contribution is 2.26. The Morgan fingerprint density at radius 1 is 1.53 bits per heavy atom. The highest BCUT2D eigenvalue weighted by Gasteiger charge is 2.16. The van der Waals surface area contributed by atoms with Gasteiger partial charge in [0.1, 0.15) is 0 Å². The van der Waals surface area contributed by atoms with E-state index in [9.17, 15) is 8.42 Å². The molecule has 6 heteroatoms. The van der Waals surface area contributed by atoms with Gasteiger partial charge in [-0.2, -0.15) is 5.26 Å². The third-order valence-electron chi connectivity index (χ3n) is 1.95. The fourth-order valence-corrected chi connectivity index (χ4v) is 2.89. The van der Waals surface area contributed by atoms with E-state index in [0.717, 1.165) is 0 Å². The van der Waals surface area contributed by atoms with E-state index in [2.05, 4.69) is 12.6 Å². The minimum atomic E-state index is -3.80. The summed E-state index contributed by atoms with van der Waals surface area (Å²) in [6.07, 6.45) is 0.566. The number of thiol groups is 1. The standard InChI is InChI=1S/C9H8ClNO2S2/c1-2-6-4-9(15(10,12)13)8(14)3-7(6)5-11/h3-4,14H,2H2,1H3. The summed E-state index contributed by atoms with van der Waals surface area (Å²) in [5.74, 6) is 0. The first-order valence-corrected chi connectivity index (χ1v) is 6.86. The number of hydrogen-bond donors (Lipinski definition) is 1. The minimum Gasteiger partial charge on any atom is -0.207 e. The van der Waals surface area contributed by atoms with Crippen molar-refractivity contribution in [1.82, 2.24) is 0 Å². The van der Waals surface area contributed by atoms with Crippen LogP contribution in [0, 0.1) is 11.3 Å². The van der Waals surface area contributed by atoms with Crippen LogP contribution in [0.3, 0.4) is 0 Å². The summed E-state index contributed by atoms with van der Waals surface area (Å²) >= 11 is 3.99. The zero-order chi connectivity index (χ0) is 11.6. The van der Waals surface area contributed by atoms with Crippen LogP contribution in [0.25, 0.3) is 0 Å². The summed E-state index contributed by atoms with van der Waals surface area (Å²) in [4.78, 5) is 0.141. The summed E-state index contributed by atoms with van der Waals surface area (Å²) in [7, 11) is 1.42. The molecule has 80 valence electrons. The molecular weight excluding hydrogens is 254 g/mol. The number of nitrogens with zero attached hydrogens (tertiary/aromatic N) is 1. The topological polar surface area (TPSA) is 57.9 Å². The number of aryl methyl sites for hydroxylation is 1. The molecular formula is C9H8ClNO2S2. The van der Waals surface area contributed by atoms with Crippen molar-refractivity contribution in [3.8, 4) is 6.07 Å². The number of benzene rings is 1. The van der Waals surface area contributed by atoms with Gasteiger partial charge in [0.2, 0.25) is 0 Å². The first-order valence-electron chi connectivity index (χ1n) is 4.10. The van der Waals surface area contributed by atoms with Crippen molar-refractivity contribution in [2.24, 2.45) is 0 Å². The highest BCUT2D eigenvalue weighted by molar-refractivity contribution is 8.14. The van der Waals surface area contributed by atoms with Gasteiger partial charge in [0, 0.05) is 15.6 Å². The van der Waals surface area contributed by atoms with Gasteiger partial charge in [0.15, 0.2) is 0 Å². The molecule has 15 heavy (non-hydrogen) atoms. The minimum absolute atomic E-state index is 0.0525. The second-order valence-corrected chi connectivity index (χ2v) is 5.90. The van der Waals surface area contributed by atoms with Crippen LogP contribution in [0.1, 0.15) is 18.1 Å². The van der Waals surface area contributed by atoms with Crippen molar-refractivity contribution < 1.29 is 8.42 Å². The fraction of sp³-hybridized carbons (Fsp3) is 0.222. The van der Waals surface area contributed by atoms with Gasteiger partial charge in [-0.3, -0.25) is 0 Å². The smallest absolute Gasteiger partial charge is 0.207 e. The van der Waals surface area contributed by atoms with E-state index in [-0.39, 0.29) is 9.79 Å². The molecule has 1 rings (SSSR count). The molecule has 0 aliphatic rings. The molecule has 0 atom stereocenters. The molecule has 1 aromatic rings. The fourth-order valence-electron chi connectivity index (χ4n) is 1.20. The molecule has 0 aromatic heterocycles. The van der Waals surface area contributed by atoms with Crippen LogP contribution in [0.4, 0.5) is 0 Å². The lowest BCUT2D eigenvalue weighted by Crippen LogP contribution is -1.97. The van der Waals surface area contributed by atoms with Gasteiger partial charge in [-0.25, -0.2) is 8.42 Å². The van der Waals surface area contributed by atoms with Crippen molar-refractivity contribution in [3.63, 3.8) is 0 Å². The quantitative estimate of drug-likeness (QED) is 0.657. The Bertz CT molecular complexity index is 532. The normalized spacial score (nSPS) is 11.1. The van der Waals surface area contributed by atoms with Gasteiger partial charge in [-0.1, -0.05) is 6.92 Å². The van der Waals surface area contributed by atoms with E-state index in [1.807, 2.05) is 13.0 Å². The molecule has 0 fully saturated rings. The molecule has 0 heterocycles.